The van der Waals surface area contributed by atoms with Crippen LogP contribution in [0.3, 0.4) is 0 Å². The molecule has 7 heteroatoms. The van der Waals surface area contributed by atoms with E-state index in [1.165, 1.54) is 19.2 Å². The summed E-state index contributed by atoms with van der Waals surface area (Å²) in [6, 6.07) is 6.08. The van der Waals surface area contributed by atoms with Crippen molar-refractivity contribution in [3.05, 3.63) is 62.9 Å². The monoisotopic (exact) mass is 376 g/mol. The quantitative estimate of drug-likeness (QED) is 0.865. The number of carbonyl (C=O) groups excluding carboxylic acids is 2. The Morgan fingerprint density at radius 3 is 2.85 bits per heavy atom. The molecule has 0 atom stereocenters. The van der Waals surface area contributed by atoms with Gasteiger partial charge in [0.15, 0.2) is 0 Å². The summed E-state index contributed by atoms with van der Waals surface area (Å²) in [6.07, 6.45) is 0.325. The fraction of sp³-hybridized carbons (Fsp3) is 0.263. The molecule has 1 aliphatic heterocycles. The fourth-order valence-corrected chi connectivity index (χ4v) is 3.16. The second kappa shape index (κ2) is 7.33. The van der Waals surface area contributed by atoms with Gasteiger partial charge in [0, 0.05) is 12.6 Å². The van der Waals surface area contributed by atoms with Crippen molar-refractivity contribution in [3.8, 4) is 5.75 Å². The predicted octanol–water partition coefficient (Wildman–Crippen LogP) is 2.86. The first-order valence-corrected chi connectivity index (χ1v) is 8.53. The van der Waals surface area contributed by atoms with E-state index in [2.05, 4.69) is 10.6 Å². The molecule has 3 rings (SSSR count). The highest BCUT2D eigenvalue weighted by Crippen LogP contribution is 2.35. The lowest BCUT2D eigenvalue weighted by Crippen LogP contribution is -2.24. The maximum absolute atomic E-state index is 14.2. The molecule has 0 radical (unpaired) electrons. The summed E-state index contributed by atoms with van der Waals surface area (Å²) in [7, 11) is 1.45. The van der Waals surface area contributed by atoms with Gasteiger partial charge in [0.25, 0.3) is 11.8 Å². The van der Waals surface area contributed by atoms with Crippen molar-refractivity contribution in [3.63, 3.8) is 0 Å². The van der Waals surface area contributed by atoms with Crippen LogP contribution in [-0.4, -0.2) is 32.0 Å². The van der Waals surface area contributed by atoms with Crippen molar-refractivity contribution < 1.29 is 18.7 Å². The molecule has 0 spiro atoms. The zero-order valence-corrected chi connectivity index (χ0v) is 15.2. The van der Waals surface area contributed by atoms with Gasteiger partial charge in [0.05, 0.1) is 22.7 Å². The van der Waals surface area contributed by atoms with Crippen molar-refractivity contribution >= 4 is 23.4 Å². The number of hydrogen-bond acceptors (Lipinski definition) is 3. The number of fused-ring (bicyclic) bond motifs is 1. The van der Waals surface area contributed by atoms with E-state index in [0.29, 0.717) is 52.6 Å². The first kappa shape index (κ1) is 18.2. The molecule has 136 valence electrons. The van der Waals surface area contributed by atoms with Gasteiger partial charge in [-0.25, -0.2) is 4.39 Å². The van der Waals surface area contributed by atoms with Crippen LogP contribution in [0.15, 0.2) is 24.3 Å². The Morgan fingerprint density at radius 2 is 2.15 bits per heavy atom. The van der Waals surface area contributed by atoms with Crippen molar-refractivity contribution in [1.29, 1.82) is 0 Å². The maximum Gasteiger partial charge on any atom is 0.255 e. The molecular weight excluding hydrogens is 359 g/mol. The molecule has 0 aromatic heterocycles. The van der Waals surface area contributed by atoms with Gasteiger partial charge >= 0.3 is 0 Å². The molecule has 0 aliphatic carbocycles. The lowest BCUT2D eigenvalue weighted by molar-refractivity contribution is 0.0949. The number of ether oxygens (including phenoxy) is 1. The highest BCUT2D eigenvalue weighted by molar-refractivity contribution is 6.32. The topological polar surface area (TPSA) is 67.4 Å². The average Bonchev–Trinajstić information content (AvgIpc) is 2.81. The molecule has 0 bridgehead atoms. The highest BCUT2D eigenvalue weighted by atomic mass is 35.5. The van der Waals surface area contributed by atoms with E-state index in [0.717, 1.165) is 0 Å². The van der Waals surface area contributed by atoms with Gasteiger partial charge in [-0.1, -0.05) is 17.7 Å². The zero-order valence-electron chi connectivity index (χ0n) is 14.4. The summed E-state index contributed by atoms with van der Waals surface area (Å²) in [4.78, 5) is 23.8. The van der Waals surface area contributed by atoms with Gasteiger partial charge in [-0.2, -0.15) is 0 Å². The van der Waals surface area contributed by atoms with Gasteiger partial charge in [0.1, 0.15) is 18.2 Å². The Bertz CT molecular complexity index is 899. The van der Waals surface area contributed by atoms with E-state index in [4.69, 9.17) is 16.3 Å². The van der Waals surface area contributed by atoms with Crippen LogP contribution in [0.4, 0.5) is 4.39 Å². The van der Waals surface area contributed by atoms with Crippen molar-refractivity contribution in [2.75, 3.05) is 20.2 Å². The molecule has 0 fully saturated rings. The van der Waals surface area contributed by atoms with Crippen LogP contribution >= 0.6 is 11.6 Å². The van der Waals surface area contributed by atoms with Crippen LogP contribution in [0, 0.1) is 12.7 Å². The SMILES string of the molecule is CNC(=O)c1ccc(Cc2cc3c(c(C)c2Cl)OCCNC3=O)cc1F. The molecule has 2 amide bonds. The van der Waals surface area contributed by atoms with E-state index >= 15 is 0 Å². The minimum Gasteiger partial charge on any atom is -0.491 e. The number of carbonyl (C=O) groups is 2. The van der Waals surface area contributed by atoms with E-state index in [1.807, 2.05) is 0 Å². The minimum absolute atomic E-state index is 0.0202. The van der Waals surface area contributed by atoms with Gasteiger partial charge < -0.3 is 15.4 Å². The first-order valence-electron chi connectivity index (χ1n) is 8.16. The Hall–Kier alpha value is -2.60. The predicted molar refractivity (Wildman–Crippen MR) is 96.6 cm³/mol. The van der Waals surface area contributed by atoms with Crippen LogP contribution in [0.25, 0.3) is 0 Å². The third-order valence-electron chi connectivity index (χ3n) is 4.29. The first-order chi connectivity index (χ1) is 12.4. The van der Waals surface area contributed by atoms with Gasteiger partial charge in [0.2, 0.25) is 0 Å². The van der Waals surface area contributed by atoms with E-state index in [9.17, 15) is 14.0 Å². The summed E-state index contributed by atoms with van der Waals surface area (Å²) < 4.78 is 19.8. The highest BCUT2D eigenvalue weighted by Gasteiger charge is 2.22. The molecule has 2 aromatic rings. The van der Waals surface area contributed by atoms with E-state index in [-0.39, 0.29) is 11.5 Å². The molecular formula is C19H18ClFN2O3. The van der Waals surface area contributed by atoms with Crippen LogP contribution in [0.5, 0.6) is 5.75 Å². The normalized spacial score (nSPS) is 13.3. The average molecular weight is 377 g/mol. The van der Waals surface area contributed by atoms with Crippen LogP contribution in [0.2, 0.25) is 5.02 Å². The molecule has 2 N–H and O–H groups in total. The molecule has 1 aliphatic rings. The van der Waals surface area contributed by atoms with Crippen molar-refractivity contribution in [2.24, 2.45) is 0 Å². The maximum atomic E-state index is 14.2. The number of nitrogens with one attached hydrogen (secondary N) is 2. The van der Waals surface area contributed by atoms with Crippen LogP contribution in [-0.2, 0) is 6.42 Å². The summed E-state index contributed by atoms with van der Waals surface area (Å²) in [5.41, 5.74) is 2.41. The second-order valence-electron chi connectivity index (χ2n) is 6.03. The standard InChI is InChI=1S/C19H18ClFN2O3/c1-10-16(20)12(9-14-17(10)26-6-5-23-19(14)25)7-11-3-4-13(15(21)8-11)18(24)22-2/h3-4,8-9H,5-7H2,1-2H3,(H,22,24)(H,23,25). The summed E-state index contributed by atoms with van der Waals surface area (Å²) >= 11 is 6.46. The third-order valence-corrected chi connectivity index (χ3v) is 4.82. The molecule has 26 heavy (non-hydrogen) atoms. The van der Waals surface area contributed by atoms with E-state index in [1.54, 1.807) is 19.1 Å². The summed E-state index contributed by atoms with van der Waals surface area (Å²) in [6.45, 7) is 2.59. The molecule has 5 nitrogen and oxygen atoms in total. The smallest absolute Gasteiger partial charge is 0.255 e. The van der Waals surface area contributed by atoms with E-state index < -0.39 is 11.7 Å². The fourth-order valence-electron chi connectivity index (χ4n) is 2.95. The van der Waals surface area contributed by atoms with Crippen LogP contribution < -0.4 is 15.4 Å². The molecule has 0 saturated carbocycles. The molecule has 0 saturated heterocycles. The number of halogens is 2. The van der Waals surface area contributed by atoms with Crippen LogP contribution in [0.1, 0.15) is 37.4 Å². The zero-order chi connectivity index (χ0) is 18.8. The third kappa shape index (κ3) is 3.37. The summed E-state index contributed by atoms with van der Waals surface area (Å²) in [5.74, 6) is -0.832. The molecule has 2 aromatic carbocycles. The number of rotatable bonds is 3. The molecule has 1 heterocycles. The minimum atomic E-state index is -0.606. The Kier molecular flexibility index (Phi) is 5.13. The Balaban J connectivity index is 1.98. The Morgan fingerprint density at radius 1 is 1.38 bits per heavy atom. The van der Waals surface area contributed by atoms with Crippen molar-refractivity contribution in [1.82, 2.24) is 10.6 Å². The number of amides is 2. The lowest BCUT2D eigenvalue weighted by Gasteiger charge is -2.15. The molecule has 0 unspecified atom stereocenters. The van der Waals surface area contributed by atoms with Crippen molar-refractivity contribution in [2.45, 2.75) is 13.3 Å². The second-order valence-corrected chi connectivity index (χ2v) is 6.40. The largest absolute Gasteiger partial charge is 0.491 e. The number of benzene rings is 2. The Labute approximate surface area is 155 Å². The summed E-state index contributed by atoms with van der Waals surface area (Å²) in [5, 5.41) is 5.64. The van der Waals surface area contributed by atoms with Gasteiger partial charge in [-0.15, -0.1) is 0 Å². The van der Waals surface area contributed by atoms with Gasteiger partial charge in [-0.05, 0) is 42.7 Å². The number of hydrogen-bond donors (Lipinski definition) is 2. The van der Waals surface area contributed by atoms with Gasteiger partial charge in [-0.3, -0.25) is 9.59 Å². The lowest BCUT2D eigenvalue weighted by atomic mass is 9.97.